The lowest BCUT2D eigenvalue weighted by Gasteiger charge is -2.07. The summed E-state index contributed by atoms with van der Waals surface area (Å²) < 4.78 is 31.5. The normalized spacial score (nSPS) is 14.3. The maximum absolute atomic E-state index is 12.3. The number of ether oxygens (including phenoxy) is 1. The van der Waals surface area contributed by atoms with E-state index < -0.39 is 15.4 Å². The van der Waals surface area contributed by atoms with E-state index in [4.69, 9.17) is 45.3 Å². The molecule has 9 heteroatoms. The number of aryl methyl sites for hydroxylation is 1. The highest BCUT2D eigenvalue weighted by Crippen LogP contribution is 2.27. The third-order valence-corrected chi connectivity index (χ3v) is 4.94. The molecule has 1 atom stereocenters. The third-order valence-electron chi connectivity index (χ3n) is 2.37. The smallest absolute Gasteiger partial charge is 0.330 e. The first-order chi connectivity index (χ1) is 9.19. The highest BCUT2D eigenvalue weighted by molar-refractivity contribution is 7.85. The molecule has 0 radical (unpaired) electrons. The molecule has 0 amide bonds. The van der Waals surface area contributed by atoms with Crippen LogP contribution in [0.25, 0.3) is 0 Å². The fraction of sp³-hybridized carbons (Fsp3) is 0.364. The van der Waals surface area contributed by atoms with Crippen molar-refractivity contribution in [2.24, 2.45) is 5.73 Å². The number of amidine groups is 1. The molecule has 5 nitrogen and oxygen atoms in total. The van der Waals surface area contributed by atoms with Gasteiger partial charge in [-0.15, -0.1) is 11.6 Å². The Bertz CT molecular complexity index is 609. The Morgan fingerprint density at radius 1 is 1.45 bits per heavy atom. The molecule has 0 saturated carbocycles. The van der Waals surface area contributed by atoms with Gasteiger partial charge in [0.05, 0.1) is 11.6 Å². The van der Waals surface area contributed by atoms with Gasteiger partial charge >= 0.3 is 10.0 Å². The van der Waals surface area contributed by atoms with E-state index in [1.165, 1.54) is 19.2 Å². The van der Waals surface area contributed by atoms with E-state index in [2.05, 4.69) is 4.40 Å². The highest BCUT2D eigenvalue weighted by Gasteiger charge is 2.25. The number of rotatable bonds is 5. The Morgan fingerprint density at radius 2 is 2.05 bits per heavy atom. The number of halogens is 3. The third kappa shape index (κ3) is 4.23. The maximum Gasteiger partial charge on any atom is 0.330 e. The standard InChI is InChI=1S/C11H13Cl3N2O3S/c1-6-3-7(12)4-8(13)10(6)20(17,18)16-11(15)9(14)5-19-2/h3-4,9H,5H2,1-2H3,(H2,15,16)/p+1/t9-/m0/s1. The van der Waals surface area contributed by atoms with Crippen molar-refractivity contribution in [3.05, 3.63) is 27.7 Å². The molecule has 0 spiro atoms. The molecule has 1 aromatic rings. The molecule has 0 aromatic heterocycles. The first kappa shape index (κ1) is 17.5. The van der Waals surface area contributed by atoms with Crippen LogP contribution in [0.4, 0.5) is 0 Å². The second-order valence-electron chi connectivity index (χ2n) is 4.02. The van der Waals surface area contributed by atoms with Crippen molar-refractivity contribution in [3.8, 4) is 0 Å². The highest BCUT2D eigenvalue weighted by atomic mass is 35.5. The zero-order chi connectivity index (χ0) is 15.5. The topological polar surface area (TPSA) is 83.4 Å². The van der Waals surface area contributed by atoms with E-state index in [1.54, 1.807) is 6.92 Å². The largest absolute Gasteiger partial charge is 0.382 e. The van der Waals surface area contributed by atoms with Gasteiger partial charge in [0, 0.05) is 12.1 Å². The average Bonchev–Trinajstić information content (AvgIpc) is 2.26. The average molecular weight is 361 g/mol. The number of benzene rings is 1. The van der Waals surface area contributed by atoms with Gasteiger partial charge in [-0.05, 0) is 24.6 Å². The molecule has 1 aromatic carbocycles. The van der Waals surface area contributed by atoms with Crippen molar-refractivity contribution >= 4 is 50.7 Å². The predicted molar refractivity (Wildman–Crippen MR) is 80.1 cm³/mol. The molecule has 0 aliphatic heterocycles. The summed E-state index contributed by atoms with van der Waals surface area (Å²) >= 11 is 17.6. The van der Waals surface area contributed by atoms with Gasteiger partial charge in [0.25, 0.3) is 5.84 Å². The zero-order valence-electron chi connectivity index (χ0n) is 10.8. The number of hydrogen-bond donors (Lipinski definition) is 2. The molecule has 0 saturated heterocycles. The summed E-state index contributed by atoms with van der Waals surface area (Å²) in [5, 5.41) is -0.438. The van der Waals surface area contributed by atoms with Crippen LogP contribution in [0.3, 0.4) is 0 Å². The number of sulfonamides is 1. The SMILES string of the molecule is COC[C@H](Cl)C(N)=[NH+]S(=O)(=O)c1c(C)cc(Cl)cc1Cl. The Morgan fingerprint density at radius 3 is 2.55 bits per heavy atom. The van der Waals surface area contributed by atoms with Gasteiger partial charge in [0.2, 0.25) is 0 Å². The van der Waals surface area contributed by atoms with Crippen LogP contribution in [-0.2, 0) is 14.8 Å². The first-order valence-electron chi connectivity index (χ1n) is 5.42. The van der Waals surface area contributed by atoms with E-state index in [-0.39, 0.29) is 22.4 Å². The van der Waals surface area contributed by atoms with Crippen LogP contribution in [0.1, 0.15) is 5.56 Å². The van der Waals surface area contributed by atoms with Gasteiger partial charge < -0.3 is 4.74 Å². The van der Waals surface area contributed by atoms with Crippen LogP contribution in [0.15, 0.2) is 17.0 Å². The first-order valence-corrected chi connectivity index (χ1v) is 8.10. The van der Waals surface area contributed by atoms with E-state index in [0.717, 1.165) is 0 Å². The van der Waals surface area contributed by atoms with Crippen LogP contribution in [-0.4, -0.2) is 33.3 Å². The summed E-state index contributed by atoms with van der Waals surface area (Å²) in [6.07, 6.45) is 0. The number of alkyl halides is 1. The van der Waals surface area contributed by atoms with E-state index in [1.807, 2.05) is 0 Å². The van der Waals surface area contributed by atoms with Crippen LogP contribution in [0, 0.1) is 6.92 Å². The lowest BCUT2D eigenvalue weighted by molar-refractivity contribution is -0.270. The maximum atomic E-state index is 12.3. The fourth-order valence-corrected chi connectivity index (χ4v) is 4.03. The molecule has 0 heterocycles. The Labute approximate surface area is 132 Å². The van der Waals surface area contributed by atoms with E-state index in [0.29, 0.717) is 10.6 Å². The number of hydrogen-bond acceptors (Lipinski definition) is 3. The summed E-state index contributed by atoms with van der Waals surface area (Å²) in [6, 6.07) is 2.83. The Hall–Kier alpha value is -0.530. The van der Waals surface area contributed by atoms with Gasteiger partial charge in [-0.3, -0.25) is 5.73 Å². The predicted octanol–water partition coefficient (Wildman–Crippen LogP) is 0.682. The Balaban J connectivity index is 3.28. The summed E-state index contributed by atoms with van der Waals surface area (Å²) in [6.45, 7) is 1.65. The monoisotopic (exact) mass is 359 g/mol. The van der Waals surface area contributed by atoms with Crippen molar-refractivity contribution in [1.29, 1.82) is 0 Å². The van der Waals surface area contributed by atoms with Gasteiger partial charge in [0.15, 0.2) is 5.38 Å². The number of nitrogens with two attached hydrogens (primary N) is 1. The van der Waals surface area contributed by atoms with Gasteiger partial charge in [-0.1, -0.05) is 23.2 Å². The number of methoxy groups -OCH3 is 1. The van der Waals surface area contributed by atoms with Crippen LogP contribution in [0.5, 0.6) is 0 Å². The van der Waals surface area contributed by atoms with Gasteiger partial charge in [-0.25, -0.2) is 0 Å². The van der Waals surface area contributed by atoms with Crippen molar-refractivity contribution in [2.75, 3.05) is 13.7 Å². The van der Waals surface area contributed by atoms with Crippen molar-refractivity contribution in [2.45, 2.75) is 17.2 Å². The Kier molecular flexibility index (Phi) is 6.09. The van der Waals surface area contributed by atoms with Crippen LogP contribution >= 0.6 is 34.8 Å². The quantitative estimate of drug-likeness (QED) is 0.459. The molecular formula is C11H14Cl3N2O3S+. The van der Waals surface area contributed by atoms with E-state index in [9.17, 15) is 8.42 Å². The minimum absolute atomic E-state index is 0.00756. The van der Waals surface area contributed by atoms with Crippen molar-refractivity contribution in [3.63, 3.8) is 0 Å². The molecule has 20 heavy (non-hydrogen) atoms. The van der Waals surface area contributed by atoms with Crippen LogP contribution in [0.2, 0.25) is 10.0 Å². The molecule has 0 aliphatic rings. The summed E-state index contributed by atoms with van der Waals surface area (Å²) in [5.41, 5.74) is 6.01. The molecular weight excluding hydrogens is 347 g/mol. The van der Waals surface area contributed by atoms with Crippen molar-refractivity contribution < 1.29 is 17.6 Å². The molecule has 3 N–H and O–H groups in total. The molecule has 0 bridgehead atoms. The second-order valence-corrected chi connectivity index (χ2v) is 7.01. The molecule has 0 unspecified atom stereocenters. The molecule has 0 fully saturated rings. The van der Waals surface area contributed by atoms with Crippen molar-refractivity contribution in [1.82, 2.24) is 0 Å². The summed E-state index contributed by atoms with van der Waals surface area (Å²) in [5.74, 6) is -0.140. The number of nitrogens with one attached hydrogen (secondary N) is 1. The fourth-order valence-electron chi connectivity index (χ4n) is 1.54. The minimum atomic E-state index is -3.94. The lowest BCUT2D eigenvalue weighted by Crippen LogP contribution is -2.80. The molecule has 0 aliphatic carbocycles. The molecule has 1 rings (SSSR count). The van der Waals surface area contributed by atoms with Crippen LogP contribution < -0.4 is 10.1 Å². The second kappa shape index (κ2) is 6.95. The lowest BCUT2D eigenvalue weighted by atomic mass is 10.2. The zero-order valence-corrected chi connectivity index (χ0v) is 13.9. The van der Waals surface area contributed by atoms with Gasteiger partial charge in [-0.2, -0.15) is 12.8 Å². The summed E-state index contributed by atoms with van der Waals surface area (Å²) in [7, 11) is -2.52. The van der Waals surface area contributed by atoms with E-state index >= 15 is 0 Å². The summed E-state index contributed by atoms with van der Waals surface area (Å²) in [4.78, 5) is -0.0900. The van der Waals surface area contributed by atoms with Gasteiger partial charge in [0.1, 0.15) is 4.90 Å². The molecule has 112 valence electrons. The minimum Gasteiger partial charge on any atom is -0.382 e.